The van der Waals surface area contributed by atoms with Gasteiger partial charge in [0, 0.05) is 5.56 Å². The van der Waals surface area contributed by atoms with Crippen LogP contribution >= 0.6 is 27.3 Å². The second-order valence-electron chi connectivity index (χ2n) is 3.73. The fourth-order valence-electron chi connectivity index (χ4n) is 1.80. The lowest BCUT2D eigenvalue weighted by molar-refractivity contribution is 1.16. The van der Waals surface area contributed by atoms with Crippen LogP contribution in [-0.4, -0.2) is 9.97 Å². The van der Waals surface area contributed by atoms with Crippen molar-refractivity contribution in [3.05, 3.63) is 54.8 Å². The van der Waals surface area contributed by atoms with Crippen LogP contribution in [0.25, 0.3) is 21.5 Å². The largest absolute Gasteiger partial charge is 0.315 e. The van der Waals surface area contributed by atoms with Crippen LogP contribution in [-0.2, 0) is 0 Å². The molecule has 0 aliphatic heterocycles. The van der Waals surface area contributed by atoms with Gasteiger partial charge < -0.3 is 9.97 Å². The van der Waals surface area contributed by atoms with E-state index < -0.39 is 11.1 Å². The van der Waals surface area contributed by atoms with Crippen molar-refractivity contribution in [2.45, 2.75) is 0 Å². The third kappa shape index (κ3) is 1.74. The van der Waals surface area contributed by atoms with E-state index in [1.807, 2.05) is 30.3 Å². The Balaban J connectivity index is 2.43. The second kappa shape index (κ2) is 4.22. The Morgan fingerprint density at radius 2 is 1.67 bits per heavy atom. The summed E-state index contributed by atoms with van der Waals surface area (Å²) in [7, 11) is 0. The van der Waals surface area contributed by atoms with Gasteiger partial charge in [-0.3, -0.25) is 9.59 Å². The lowest BCUT2D eigenvalue weighted by Gasteiger charge is -1.99. The topological polar surface area (TPSA) is 65.7 Å². The molecule has 0 aliphatic rings. The van der Waals surface area contributed by atoms with Gasteiger partial charge in [-0.2, -0.15) is 0 Å². The smallest absolute Gasteiger partial charge is 0.314 e. The van der Waals surface area contributed by atoms with Gasteiger partial charge in [0.1, 0.15) is 4.83 Å². The Kier molecular flexibility index (Phi) is 2.68. The van der Waals surface area contributed by atoms with Gasteiger partial charge in [-0.15, -0.1) is 11.3 Å². The number of benzene rings is 1. The zero-order valence-electron chi connectivity index (χ0n) is 8.99. The lowest BCUT2D eigenvalue weighted by atomic mass is 10.1. The van der Waals surface area contributed by atoms with E-state index in [0.717, 1.165) is 14.9 Å². The van der Waals surface area contributed by atoms with E-state index in [2.05, 4.69) is 25.9 Å². The predicted molar refractivity (Wildman–Crippen MR) is 76.2 cm³/mol. The molecule has 90 valence electrons. The van der Waals surface area contributed by atoms with Crippen molar-refractivity contribution in [3.8, 4) is 11.1 Å². The maximum absolute atomic E-state index is 11.4. The van der Waals surface area contributed by atoms with E-state index >= 15 is 0 Å². The Morgan fingerprint density at radius 3 is 2.39 bits per heavy atom. The van der Waals surface area contributed by atoms with Crippen molar-refractivity contribution < 1.29 is 0 Å². The fraction of sp³-hybridized carbons (Fsp3) is 0. The summed E-state index contributed by atoms with van der Waals surface area (Å²) in [6, 6.07) is 9.69. The molecule has 0 atom stereocenters. The number of H-pyrrole nitrogens is 2. The van der Waals surface area contributed by atoms with Crippen LogP contribution in [0.15, 0.2) is 43.7 Å². The van der Waals surface area contributed by atoms with Crippen LogP contribution in [0.5, 0.6) is 0 Å². The Morgan fingerprint density at radius 1 is 1.00 bits per heavy atom. The highest BCUT2D eigenvalue weighted by Gasteiger charge is 2.14. The molecular formula is C12H7BrN2O2S. The molecule has 2 N–H and O–H groups in total. The highest BCUT2D eigenvalue weighted by molar-refractivity contribution is 9.11. The number of aromatic nitrogens is 2. The maximum atomic E-state index is 11.4. The van der Waals surface area contributed by atoms with Crippen molar-refractivity contribution in [3.63, 3.8) is 0 Å². The number of thiophene rings is 1. The summed E-state index contributed by atoms with van der Waals surface area (Å²) in [5.74, 6) is 0. The Hall–Kier alpha value is -1.66. The molecule has 2 heterocycles. The summed E-state index contributed by atoms with van der Waals surface area (Å²) in [4.78, 5) is 28.6. The molecule has 0 aliphatic carbocycles. The number of fused-ring (bicyclic) bond motifs is 1. The van der Waals surface area contributed by atoms with E-state index in [0.29, 0.717) is 10.3 Å². The van der Waals surface area contributed by atoms with Crippen LogP contribution in [0, 0.1) is 0 Å². The normalized spacial score (nSPS) is 10.9. The number of hydrogen-bond acceptors (Lipinski definition) is 3. The molecule has 0 unspecified atom stereocenters. The second-order valence-corrected chi connectivity index (χ2v) is 6.07. The molecule has 0 spiro atoms. The fourth-order valence-corrected chi connectivity index (χ4v) is 3.62. The molecule has 0 radical (unpaired) electrons. The van der Waals surface area contributed by atoms with E-state index in [1.165, 1.54) is 11.3 Å². The number of halogens is 1. The quantitative estimate of drug-likeness (QED) is 0.676. The third-order valence-corrected chi connectivity index (χ3v) is 4.38. The van der Waals surface area contributed by atoms with Crippen LogP contribution in [0.3, 0.4) is 0 Å². The summed E-state index contributed by atoms with van der Waals surface area (Å²) >= 11 is 4.86. The van der Waals surface area contributed by atoms with Gasteiger partial charge in [0.15, 0.2) is 0 Å². The summed E-state index contributed by atoms with van der Waals surface area (Å²) in [5, 5.41) is 0. The Bertz CT molecular complexity index is 833. The van der Waals surface area contributed by atoms with E-state index in [1.54, 1.807) is 0 Å². The van der Waals surface area contributed by atoms with Crippen molar-refractivity contribution >= 4 is 37.6 Å². The van der Waals surface area contributed by atoms with E-state index in [4.69, 9.17) is 0 Å². The van der Waals surface area contributed by atoms with E-state index in [-0.39, 0.29) is 0 Å². The van der Waals surface area contributed by atoms with Crippen molar-refractivity contribution in [1.82, 2.24) is 9.97 Å². The highest BCUT2D eigenvalue weighted by atomic mass is 79.9. The third-order valence-electron chi connectivity index (χ3n) is 2.60. The van der Waals surface area contributed by atoms with Gasteiger partial charge >= 0.3 is 11.1 Å². The van der Waals surface area contributed by atoms with Gasteiger partial charge in [-0.25, -0.2) is 0 Å². The molecule has 0 saturated carbocycles. The minimum Gasteiger partial charge on any atom is -0.315 e. The first-order valence-corrected chi connectivity index (χ1v) is 6.78. The molecular weight excluding hydrogens is 316 g/mol. The average molecular weight is 323 g/mol. The monoisotopic (exact) mass is 322 g/mol. The molecule has 3 aromatic rings. The minimum atomic E-state index is -0.634. The molecule has 18 heavy (non-hydrogen) atoms. The standard InChI is InChI=1S/C12H7BrN2O2S/c13-9-7(6-4-2-1-3-5-6)8-12(18-9)15-11(17)10(16)14-8/h1-5H,(H,14,16)(H,15,17). The molecule has 2 aromatic heterocycles. The molecule has 6 heteroatoms. The predicted octanol–water partition coefficient (Wildman–Crippen LogP) is 2.71. The summed E-state index contributed by atoms with van der Waals surface area (Å²) in [6.07, 6.45) is 0. The summed E-state index contributed by atoms with van der Waals surface area (Å²) < 4.78 is 0.876. The first kappa shape index (κ1) is 11.4. The number of hydrogen-bond donors (Lipinski definition) is 2. The van der Waals surface area contributed by atoms with Gasteiger partial charge in [-0.05, 0) is 21.5 Å². The van der Waals surface area contributed by atoms with Crippen LogP contribution in [0.2, 0.25) is 0 Å². The first-order chi connectivity index (χ1) is 8.66. The zero-order chi connectivity index (χ0) is 12.7. The molecule has 4 nitrogen and oxygen atoms in total. The van der Waals surface area contributed by atoms with Crippen LogP contribution < -0.4 is 11.1 Å². The zero-order valence-corrected chi connectivity index (χ0v) is 11.4. The molecule has 0 bridgehead atoms. The first-order valence-electron chi connectivity index (χ1n) is 5.17. The molecule has 3 rings (SSSR count). The summed E-state index contributed by atoms with van der Waals surface area (Å²) in [6.45, 7) is 0. The lowest BCUT2D eigenvalue weighted by Crippen LogP contribution is -2.28. The molecule has 0 saturated heterocycles. The van der Waals surface area contributed by atoms with Gasteiger partial charge in [0.2, 0.25) is 0 Å². The minimum absolute atomic E-state index is 0.629. The Labute approximate surface area is 113 Å². The summed E-state index contributed by atoms with van der Waals surface area (Å²) in [5.41, 5.74) is 1.27. The molecule has 1 aromatic carbocycles. The van der Waals surface area contributed by atoms with Gasteiger partial charge in [0.05, 0.1) is 9.30 Å². The number of rotatable bonds is 1. The molecule has 0 amide bonds. The highest BCUT2D eigenvalue weighted by Crippen LogP contribution is 2.39. The molecule has 0 fully saturated rings. The number of aromatic amines is 2. The average Bonchev–Trinajstić information content (AvgIpc) is 2.66. The maximum Gasteiger partial charge on any atom is 0.314 e. The SMILES string of the molecule is O=c1[nH]c2sc(Br)c(-c3ccccc3)c2[nH]c1=O. The van der Waals surface area contributed by atoms with Crippen molar-refractivity contribution in [1.29, 1.82) is 0 Å². The van der Waals surface area contributed by atoms with Crippen LogP contribution in [0.4, 0.5) is 0 Å². The van der Waals surface area contributed by atoms with Crippen LogP contribution in [0.1, 0.15) is 0 Å². The van der Waals surface area contributed by atoms with Gasteiger partial charge in [0.25, 0.3) is 0 Å². The van der Waals surface area contributed by atoms with Gasteiger partial charge in [-0.1, -0.05) is 30.3 Å². The van der Waals surface area contributed by atoms with Crippen molar-refractivity contribution in [2.24, 2.45) is 0 Å². The van der Waals surface area contributed by atoms with E-state index in [9.17, 15) is 9.59 Å². The number of nitrogens with one attached hydrogen (secondary N) is 2. The van der Waals surface area contributed by atoms with Crippen molar-refractivity contribution in [2.75, 3.05) is 0 Å².